The van der Waals surface area contributed by atoms with Gasteiger partial charge in [-0.3, -0.25) is 0 Å². The van der Waals surface area contributed by atoms with Gasteiger partial charge in [0.15, 0.2) is 0 Å². The van der Waals surface area contributed by atoms with Crippen LogP contribution in [0, 0.1) is 17.1 Å². The zero-order chi connectivity index (χ0) is 21.0. The lowest BCUT2D eigenvalue weighted by molar-refractivity contribution is -0.116. The summed E-state index contributed by atoms with van der Waals surface area (Å²) in [6.07, 6.45) is 0.515. The fourth-order valence-corrected chi connectivity index (χ4v) is 2.78. The highest BCUT2D eigenvalue weighted by Crippen LogP contribution is 2.28. The zero-order valence-corrected chi connectivity index (χ0v) is 16.4. The van der Waals surface area contributed by atoms with E-state index in [0.29, 0.717) is 40.2 Å². The van der Waals surface area contributed by atoms with Gasteiger partial charge in [0.2, 0.25) is 5.82 Å². The van der Waals surface area contributed by atoms with Crippen LogP contribution in [0.25, 0.3) is 22.8 Å². The van der Waals surface area contributed by atoms with Crippen molar-refractivity contribution in [1.82, 2.24) is 10.1 Å². The van der Waals surface area contributed by atoms with Crippen LogP contribution < -0.4 is 4.74 Å². The maximum absolute atomic E-state index is 14.0. The lowest BCUT2D eigenvalue weighted by Gasteiger charge is -2.11. The molecule has 0 spiro atoms. The summed E-state index contributed by atoms with van der Waals surface area (Å²) in [7, 11) is 0. The second kappa shape index (κ2) is 8.65. The number of nitriles is 1. The summed E-state index contributed by atoms with van der Waals surface area (Å²) in [6.45, 7) is 5.24. The number of benzene rings is 2. The number of carbonyl (C=O) groups excluding carboxylic acids is 1. The first-order chi connectivity index (χ1) is 13.9. The summed E-state index contributed by atoms with van der Waals surface area (Å²) in [4.78, 5) is 15.6. The highest BCUT2D eigenvalue weighted by molar-refractivity contribution is 5.75. The molecule has 1 aromatic heterocycles. The number of hydrogen-bond donors (Lipinski definition) is 0. The summed E-state index contributed by atoms with van der Waals surface area (Å²) in [6, 6.07) is 11.7. The molecule has 6 nitrogen and oxygen atoms in total. The van der Waals surface area contributed by atoms with Crippen LogP contribution in [0.15, 0.2) is 40.9 Å². The van der Waals surface area contributed by atoms with Crippen LogP contribution in [0.2, 0.25) is 0 Å². The Morgan fingerprint density at radius 1 is 1.24 bits per heavy atom. The summed E-state index contributed by atoms with van der Waals surface area (Å²) < 4.78 is 25.0. The fourth-order valence-electron chi connectivity index (χ4n) is 2.78. The molecule has 0 amide bonds. The van der Waals surface area contributed by atoms with E-state index < -0.39 is 0 Å². The van der Waals surface area contributed by atoms with E-state index in [2.05, 4.69) is 16.2 Å². The van der Waals surface area contributed by atoms with Crippen LogP contribution in [0.4, 0.5) is 4.39 Å². The Morgan fingerprint density at radius 2 is 2.00 bits per heavy atom. The number of Topliss-reactive ketones (excluding diaryl/α,β-unsaturated/α-hetero) is 1. The number of carbonyl (C=O) groups is 1. The lowest BCUT2D eigenvalue weighted by atomic mass is 10.0. The van der Waals surface area contributed by atoms with Crippen LogP contribution in [0.1, 0.15) is 38.3 Å². The first-order valence-corrected chi connectivity index (χ1v) is 9.20. The standard InChI is InChI=1S/C22H20FN3O3/c1-13(2)28-20-9-7-17(11-18(20)12-24)22-25-21(26-29-22)16-6-8-19(23)15(10-16)5-4-14(3)27/h6-11,13H,4-5H2,1-3H3. The van der Waals surface area contributed by atoms with Gasteiger partial charge >= 0.3 is 0 Å². The topological polar surface area (TPSA) is 89.0 Å². The van der Waals surface area contributed by atoms with Gasteiger partial charge in [-0.05, 0) is 69.2 Å². The summed E-state index contributed by atoms with van der Waals surface area (Å²) in [5.41, 5.74) is 1.95. The van der Waals surface area contributed by atoms with Gasteiger partial charge in [0.1, 0.15) is 23.4 Å². The fraction of sp³-hybridized carbons (Fsp3) is 0.273. The van der Waals surface area contributed by atoms with Gasteiger partial charge in [-0.25, -0.2) is 4.39 Å². The van der Waals surface area contributed by atoms with E-state index in [1.165, 1.54) is 13.0 Å². The van der Waals surface area contributed by atoms with Crippen molar-refractivity contribution in [2.75, 3.05) is 0 Å². The van der Waals surface area contributed by atoms with Gasteiger partial charge in [-0.2, -0.15) is 10.2 Å². The van der Waals surface area contributed by atoms with Gasteiger partial charge in [0.05, 0.1) is 11.7 Å². The Labute approximate surface area is 167 Å². The van der Waals surface area contributed by atoms with E-state index in [9.17, 15) is 14.4 Å². The van der Waals surface area contributed by atoms with Gasteiger partial charge < -0.3 is 14.1 Å². The van der Waals surface area contributed by atoms with E-state index in [1.807, 2.05) is 13.8 Å². The third-order valence-corrected chi connectivity index (χ3v) is 4.19. The summed E-state index contributed by atoms with van der Waals surface area (Å²) >= 11 is 0. The minimum Gasteiger partial charge on any atom is -0.490 e. The number of halogens is 1. The number of rotatable bonds is 7. The number of aromatic nitrogens is 2. The molecule has 0 N–H and O–H groups in total. The molecule has 0 atom stereocenters. The van der Waals surface area contributed by atoms with E-state index in [1.54, 1.807) is 30.3 Å². The quantitative estimate of drug-likeness (QED) is 0.577. The predicted octanol–water partition coefficient (Wildman–Crippen LogP) is 4.72. The predicted molar refractivity (Wildman–Crippen MR) is 105 cm³/mol. The third kappa shape index (κ3) is 4.85. The highest BCUT2D eigenvalue weighted by Gasteiger charge is 2.15. The molecule has 0 bridgehead atoms. The van der Waals surface area contributed by atoms with Gasteiger partial charge in [-0.15, -0.1) is 0 Å². The van der Waals surface area contributed by atoms with Crippen molar-refractivity contribution in [3.05, 3.63) is 53.3 Å². The average Bonchev–Trinajstić information content (AvgIpc) is 3.17. The van der Waals surface area contributed by atoms with Gasteiger partial charge in [0.25, 0.3) is 5.89 Å². The highest BCUT2D eigenvalue weighted by atomic mass is 19.1. The second-order valence-corrected chi connectivity index (χ2v) is 6.92. The smallest absolute Gasteiger partial charge is 0.258 e. The van der Waals surface area contributed by atoms with E-state index in [4.69, 9.17) is 9.26 Å². The molecule has 0 aliphatic heterocycles. The van der Waals surface area contributed by atoms with Crippen molar-refractivity contribution in [3.8, 4) is 34.7 Å². The van der Waals surface area contributed by atoms with Crippen molar-refractivity contribution < 1.29 is 18.4 Å². The normalized spacial score (nSPS) is 10.8. The molecule has 0 aliphatic carbocycles. The monoisotopic (exact) mass is 393 g/mol. The average molecular weight is 393 g/mol. The van der Waals surface area contributed by atoms with E-state index in [-0.39, 0.29) is 30.0 Å². The molecular weight excluding hydrogens is 373 g/mol. The van der Waals surface area contributed by atoms with Crippen molar-refractivity contribution in [2.24, 2.45) is 0 Å². The molecule has 3 aromatic rings. The van der Waals surface area contributed by atoms with Crippen molar-refractivity contribution >= 4 is 5.78 Å². The zero-order valence-electron chi connectivity index (χ0n) is 16.4. The minimum absolute atomic E-state index is 0.00478. The van der Waals surface area contributed by atoms with E-state index in [0.717, 1.165) is 0 Å². The van der Waals surface area contributed by atoms with Crippen molar-refractivity contribution in [2.45, 2.75) is 39.7 Å². The molecule has 148 valence electrons. The van der Waals surface area contributed by atoms with Gasteiger partial charge in [0, 0.05) is 17.5 Å². The largest absolute Gasteiger partial charge is 0.490 e. The molecule has 0 fully saturated rings. The Kier molecular flexibility index (Phi) is 6.03. The molecule has 0 aliphatic rings. The van der Waals surface area contributed by atoms with Crippen LogP contribution in [0.3, 0.4) is 0 Å². The maximum Gasteiger partial charge on any atom is 0.258 e. The Bertz CT molecular complexity index is 1080. The number of ether oxygens (including phenoxy) is 1. The molecule has 1 heterocycles. The second-order valence-electron chi connectivity index (χ2n) is 6.92. The SMILES string of the molecule is CC(=O)CCc1cc(-c2noc(-c3ccc(OC(C)C)c(C#N)c3)n2)ccc1F. The number of aryl methyl sites for hydroxylation is 1. The van der Waals surface area contributed by atoms with Crippen LogP contribution >= 0.6 is 0 Å². The molecular formula is C22H20FN3O3. The molecule has 29 heavy (non-hydrogen) atoms. The Morgan fingerprint density at radius 3 is 2.69 bits per heavy atom. The summed E-state index contributed by atoms with van der Waals surface area (Å²) in [5.74, 6) is 0.639. The molecule has 0 radical (unpaired) electrons. The molecule has 0 unspecified atom stereocenters. The molecule has 7 heteroatoms. The Balaban J connectivity index is 1.89. The van der Waals surface area contributed by atoms with Crippen LogP contribution in [-0.2, 0) is 11.2 Å². The minimum atomic E-state index is -0.377. The summed E-state index contributed by atoms with van der Waals surface area (Å²) in [5, 5.41) is 13.3. The molecule has 0 saturated carbocycles. The molecule has 3 rings (SSSR count). The number of hydrogen-bond acceptors (Lipinski definition) is 6. The lowest BCUT2D eigenvalue weighted by Crippen LogP contribution is -2.06. The van der Waals surface area contributed by atoms with Crippen LogP contribution in [-0.4, -0.2) is 22.0 Å². The Hall–Kier alpha value is -3.53. The molecule has 2 aromatic carbocycles. The first-order valence-electron chi connectivity index (χ1n) is 9.20. The van der Waals surface area contributed by atoms with E-state index >= 15 is 0 Å². The van der Waals surface area contributed by atoms with Gasteiger partial charge in [-0.1, -0.05) is 5.16 Å². The van der Waals surface area contributed by atoms with Crippen molar-refractivity contribution in [3.63, 3.8) is 0 Å². The number of ketones is 1. The third-order valence-electron chi connectivity index (χ3n) is 4.19. The van der Waals surface area contributed by atoms with Crippen LogP contribution in [0.5, 0.6) is 5.75 Å². The number of nitrogens with zero attached hydrogens (tertiary/aromatic N) is 3. The maximum atomic E-state index is 14.0. The van der Waals surface area contributed by atoms with Crippen molar-refractivity contribution in [1.29, 1.82) is 5.26 Å². The first kappa shape index (κ1) is 20.2. The molecule has 0 saturated heterocycles.